The molecule has 4 aromatic heterocycles. The molecule has 0 saturated carbocycles. The van der Waals surface area contributed by atoms with Crippen LogP contribution < -0.4 is 9.80 Å². The molecule has 0 amide bonds. The number of benzene rings is 20. The fourth-order valence-corrected chi connectivity index (χ4v) is 23.7. The van der Waals surface area contributed by atoms with Crippen LogP contribution >= 0.6 is 0 Å². The molecule has 6 nitrogen and oxygen atoms in total. The molecule has 20 aromatic carbocycles. The first-order chi connectivity index (χ1) is 66.2. The van der Waals surface area contributed by atoms with Gasteiger partial charge in [0.05, 0.1) is 44.1 Å². The van der Waals surface area contributed by atoms with E-state index in [1.54, 1.807) is 0 Å². The molecule has 0 N–H and O–H groups in total. The summed E-state index contributed by atoms with van der Waals surface area (Å²) in [6, 6.07) is 168. The first-order valence-corrected chi connectivity index (χ1v) is 47.3. The minimum atomic E-state index is -0.319. The fraction of sp³-hybridized carbons (Fsp3) is 0.0698. The zero-order valence-electron chi connectivity index (χ0n) is 75.9. The highest BCUT2D eigenvalue weighted by molar-refractivity contribution is 6.17. The second-order valence-electron chi connectivity index (χ2n) is 38.7. The van der Waals surface area contributed by atoms with E-state index in [1.165, 1.54) is 193 Å². The maximum absolute atomic E-state index is 2.51. The molecule has 3 aliphatic carbocycles. The molecule has 0 unspecified atom stereocenters. The van der Waals surface area contributed by atoms with E-state index in [0.717, 1.165) is 62.3 Å². The minimum Gasteiger partial charge on any atom is -0.310 e. The van der Waals surface area contributed by atoms with E-state index >= 15 is 0 Å². The van der Waals surface area contributed by atoms with Crippen LogP contribution in [0.5, 0.6) is 0 Å². The predicted octanol–water partition coefficient (Wildman–Crippen LogP) is 34.6. The third-order valence-electron chi connectivity index (χ3n) is 30.3. The molecule has 638 valence electrons. The molecule has 0 saturated heterocycles. The monoisotopic (exact) mass is 1720 g/mol. The molecule has 0 spiro atoms. The normalized spacial score (nSPS) is 13.6. The van der Waals surface area contributed by atoms with E-state index in [0.29, 0.717) is 0 Å². The van der Waals surface area contributed by atoms with Crippen LogP contribution in [0.25, 0.3) is 188 Å². The first kappa shape index (κ1) is 78.1. The van der Waals surface area contributed by atoms with Crippen molar-refractivity contribution in [3.8, 4) is 101 Å². The first-order valence-electron chi connectivity index (χ1n) is 47.3. The Morgan fingerprint density at radius 3 is 0.867 bits per heavy atom. The molecule has 6 heteroatoms. The van der Waals surface area contributed by atoms with Crippen molar-refractivity contribution in [2.75, 3.05) is 9.80 Å². The van der Waals surface area contributed by atoms with Gasteiger partial charge in [-0.25, -0.2) is 0 Å². The van der Waals surface area contributed by atoms with Gasteiger partial charge in [-0.15, -0.1) is 0 Å². The SMILES string of the molecule is CC1(C)c2cc(-c3ccc4c(c3)c3ccccc3n4-c3ccccc3)ccc2-c2ccc(N(c3ccc(-c4ccc(-c5cccc6c5c5ccccc5n6-c5ccc6c(c5)C(C)(C)c5cc(N(c7ccccc7)c7ccc(-c8ccc9c(c8)c8ccccc8n9-c8ccccc8)cc7)ccc5-6)cc4)cc3)c3ccc4c(c3)C(C)(C)c3cc(-n5c6ccccc6c6ccccc65)ccc3-4)cc21. The van der Waals surface area contributed by atoms with Crippen molar-refractivity contribution in [2.24, 2.45) is 0 Å². The Labute approximate surface area is 784 Å². The van der Waals surface area contributed by atoms with Crippen LogP contribution in [0.2, 0.25) is 0 Å². The van der Waals surface area contributed by atoms with Crippen LogP contribution in [-0.2, 0) is 16.2 Å². The molecule has 0 radical (unpaired) electrons. The third-order valence-corrected chi connectivity index (χ3v) is 30.3. The second-order valence-corrected chi connectivity index (χ2v) is 38.7. The summed E-state index contributed by atoms with van der Waals surface area (Å²) in [5.41, 5.74) is 45.0. The third kappa shape index (κ3) is 11.9. The zero-order valence-corrected chi connectivity index (χ0v) is 75.9. The standard InChI is InChI=1S/C129H92N6/c1-127(2)112-75-87(86-55-72-124-111(74-86)108-36-19-24-42-121(108)133(124)90-31-14-9-15-32-90)53-65-99(112)100-67-61-94(77-113(100)127)131(95-62-68-102-103-69-63-96(79-116(103)129(5,6)115(102)78-95)134-118-39-21-16-33-105(118)106-34-17-22-40-119(106)134)92-56-49-82(50-57-92)81-45-47-84(48-46-81)98-38-26-44-125-126(98)109-37-20-25-43-122(109)135(125)97-64-70-104-101-66-60-93(76-114(101)128(3,4)117(104)80-97)130(88-27-10-7-11-28-88)91-58-51-83(52-59-91)85-54-71-123-110(73-85)107-35-18-23-41-120(107)132(123)89-29-12-8-13-30-89/h7-80H,1-6H3. The zero-order chi connectivity index (χ0) is 89.8. The summed E-state index contributed by atoms with van der Waals surface area (Å²) in [5, 5.41) is 9.99. The number of anilines is 6. The van der Waals surface area contributed by atoms with Gasteiger partial charge in [0.2, 0.25) is 0 Å². The van der Waals surface area contributed by atoms with Crippen molar-refractivity contribution in [3.63, 3.8) is 0 Å². The number of aromatic nitrogens is 4. The van der Waals surface area contributed by atoms with E-state index in [-0.39, 0.29) is 16.2 Å². The topological polar surface area (TPSA) is 26.2 Å². The average molecular weight is 1730 g/mol. The highest BCUT2D eigenvalue weighted by Gasteiger charge is 2.41. The van der Waals surface area contributed by atoms with Crippen LogP contribution in [0.15, 0.2) is 449 Å². The summed E-state index contributed by atoms with van der Waals surface area (Å²) in [5.74, 6) is 0. The molecule has 135 heavy (non-hydrogen) atoms. The van der Waals surface area contributed by atoms with Crippen molar-refractivity contribution in [2.45, 2.75) is 57.8 Å². The number of para-hydroxylation sites is 8. The van der Waals surface area contributed by atoms with Crippen molar-refractivity contribution < 1.29 is 0 Å². The number of hydrogen-bond acceptors (Lipinski definition) is 2. The van der Waals surface area contributed by atoms with Gasteiger partial charge in [0.15, 0.2) is 0 Å². The molecule has 0 bridgehead atoms. The number of hydrogen-bond donors (Lipinski definition) is 0. The number of rotatable bonds is 14. The van der Waals surface area contributed by atoms with Gasteiger partial charge in [0, 0.05) is 116 Å². The summed E-state index contributed by atoms with van der Waals surface area (Å²) < 4.78 is 9.73. The van der Waals surface area contributed by atoms with Gasteiger partial charge in [0.25, 0.3) is 0 Å². The fourth-order valence-electron chi connectivity index (χ4n) is 23.7. The van der Waals surface area contributed by atoms with Gasteiger partial charge in [-0.2, -0.15) is 0 Å². The maximum atomic E-state index is 2.51. The Hall–Kier alpha value is -16.8. The van der Waals surface area contributed by atoms with Gasteiger partial charge in [-0.05, 0) is 299 Å². The Balaban J connectivity index is 0.505. The lowest BCUT2D eigenvalue weighted by Gasteiger charge is -2.30. The Morgan fingerprint density at radius 2 is 0.422 bits per heavy atom. The number of fused-ring (bicyclic) bond motifs is 21. The van der Waals surface area contributed by atoms with Crippen molar-refractivity contribution in [1.82, 2.24) is 18.3 Å². The molecule has 0 fully saturated rings. The summed E-state index contributed by atoms with van der Waals surface area (Å²) in [4.78, 5) is 4.92. The average Bonchev–Trinajstić information content (AvgIpc) is 1.57. The number of nitrogens with zero attached hydrogens (tertiary/aromatic N) is 6. The van der Waals surface area contributed by atoms with E-state index < -0.39 is 0 Å². The van der Waals surface area contributed by atoms with E-state index in [2.05, 4.69) is 519 Å². The predicted molar refractivity (Wildman–Crippen MR) is 568 cm³/mol. The minimum absolute atomic E-state index is 0.316. The van der Waals surface area contributed by atoms with E-state index in [1.807, 2.05) is 0 Å². The molecular formula is C129H92N6. The molecule has 27 rings (SSSR count). The van der Waals surface area contributed by atoms with E-state index in [9.17, 15) is 0 Å². The van der Waals surface area contributed by atoms with Gasteiger partial charge >= 0.3 is 0 Å². The van der Waals surface area contributed by atoms with Crippen LogP contribution in [-0.4, -0.2) is 18.3 Å². The second kappa shape index (κ2) is 29.6. The lowest BCUT2D eigenvalue weighted by Crippen LogP contribution is -2.18. The Kier molecular flexibility index (Phi) is 17.1. The summed E-state index contributed by atoms with van der Waals surface area (Å²) in [7, 11) is 0. The van der Waals surface area contributed by atoms with Gasteiger partial charge in [-0.3, -0.25) is 0 Å². The Bertz CT molecular complexity index is 8990. The summed E-state index contributed by atoms with van der Waals surface area (Å²) in [6.45, 7) is 14.5. The van der Waals surface area contributed by atoms with Crippen molar-refractivity contribution in [3.05, 3.63) is 482 Å². The van der Waals surface area contributed by atoms with Crippen molar-refractivity contribution >= 4 is 121 Å². The molecule has 0 atom stereocenters. The smallest absolute Gasteiger partial charge is 0.0547 e. The molecule has 3 aliphatic rings. The van der Waals surface area contributed by atoms with E-state index in [4.69, 9.17) is 0 Å². The highest BCUT2D eigenvalue weighted by atomic mass is 15.2. The lowest BCUT2D eigenvalue weighted by atomic mass is 9.81. The van der Waals surface area contributed by atoms with Gasteiger partial charge in [-0.1, -0.05) is 302 Å². The molecule has 0 aliphatic heterocycles. The van der Waals surface area contributed by atoms with Crippen LogP contribution in [0.4, 0.5) is 34.1 Å². The Morgan fingerprint density at radius 1 is 0.156 bits per heavy atom. The quantitative estimate of drug-likeness (QED) is 0.108. The maximum Gasteiger partial charge on any atom is 0.0547 e. The van der Waals surface area contributed by atoms with Gasteiger partial charge < -0.3 is 28.1 Å². The summed E-state index contributed by atoms with van der Waals surface area (Å²) >= 11 is 0. The summed E-state index contributed by atoms with van der Waals surface area (Å²) in [6.07, 6.45) is 0. The van der Waals surface area contributed by atoms with Crippen LogP contribution in [0.3, 0.4) is 0 Å². The molecule has 4 heterocycles. The van der Waals surface area contributed by atoms with Crippen LogP contribution in [0, 0.1) is 0 Å². The van der Waals surface area contributed by atoms with Crippen LogP contribution in [0.1, 0.15) is 74.9 Å². The largest absolute Gasteiger partial charge is 0.310 e. The van der Waals surface area contributed by atoms with Crippen molar-refractivity contribution in [1.29, 1.82) is 0 Å². The highest BCUT2D eigenvalue weighted by Crippen LogP contribution is 2.57. The molecule has 24 aromatic rings. The van der Waals surface area contributed by atoms with Gasteiger partial charge in [0.1, 0.15) is 0 Å². The molecular weight excluding hydrogens is 1630 g/mol. The lowest BCUT2D eigenvalue weighted by molar-refractivity contribution is 0.659.